The number of nitrogens with zero attached hydrogens (tertiary/aromatic N) is 1. The van der Waals surface area contributed by atoms with Crippen molar-refractivity contribution in [3.63, 3.8) is 0 Å². The fourth-order valence-corrected chi connectivity index (χ4v) is 5.16. The van der Waals surface area contributed by atoms with Crippen molar-refractivity contribution in [2.45, 2.75) is 44.1 Å². The van der Waals surface area contributed by atoms with Crippen LogP contribution in [0.1, 0.15) is 55.3 Å². The fourth-order valence-electron chi connectivity index (χ4n) is 5.16. The predicted molar refractivity (Wildman–Crippen MR) is 133 cm³/mol. The van der Waals surface area contributed by atoms with E-state index in [1.165, 1.54) is 22.3 Å². The number of nitriles is 1. The van der Waals surface area contributed by atoms with E-state index in [1.54, 1.807) is 14.2 Å². The normalized spacial score (nSPS) is 14.1. The van der Waals surface area contributed by atoms with E-state index in [1.807, 2.05) is 18.2 Å². The second-order valence-corrected chi connectivity index (χ2v) is 8.68. The van der Waals surface area contributed by atoms with Crippen molar-refractivity contribution in [3.05, 3.63) is 83.4 Å². The van der Waals surface area contributed by atoms with Gasteiger partial charge < -0.3 is 14.8 Å². The number of hydrogen-bond acceptors (Lipinski definition) is 4. The Morgan fingerprint density at radius 1 is 0.879 bits per heavy atom. The van der Waals surface area contributed by atoms with Gasteiger partial charge in [0.25, 0.3) is 0 Å². The molecule has 0 heterocycles. The minimum absolute atomic E-state index is 0.196. The summed E-state index contributed by atoms with van der Waals surface area (Å²) in [5, 5.41) is 14.1. The van der Waals surface area contributed by atoms with Crippen molar-refractivity contribution in [1.29, 1.82) is 5.26 Å². The largest absolute Gasteiger partial charge is 0.493 e. The van der Waals surface area contributed by atoms with E-state index in [0.717, 1.165) is 37.8 Å². The highest BCUT2D eigenvalue weighted by molar-refractivity contribution is 5.78. The molecule has 1 aliphatic carbocycles. The summed E-state index contributed by atoms with van der Waals surface area (Å²) in [6, 6.07) is 26.0. The Morgan fingerprint density at radius 3 is 2.09 bits per heavy atom. The Morgan fingerprint density at radius 2 is 1.52 bits per heavy atom. The highest BCUT2D eigenvalue weighted by Gasteiger charge is 2.33. The van der Waals surface area contributed by atoms with Crippen LogP contribution < -0.4 is 14.8 Å². The van der Waals surface area contributed by atoms with Gasteiger partial charge in [-0.05, 0) is 65.8 Å². The van der Waals surface area contributed by atoms with Crippen LogP contribution in [0.25, 0.3) is 11.1 Å². The van der Waals surface area contributed by atoms with Crippen LogP contribution in [-0.4, -0.2) is 20.8 Å². The number of fused-ring (bicyclic) bond motifs is 3. The van der Waals surface area contributed by atoms with Crippen molar-refractivity contribution in [2.24, 2.45) is 0 Å². The third-order valence-corrected chi connectivity index (χ3v) is 6.79. The molecule has 0 saturated heterocycles. The molecule has 3 aromatic carbocycles. The molecule has 1 unspecified atom stereocenters. The first-order chi connectivity index (χ1) is 16.2. The zero-order chi connectivity index (χ0) is 23.3. The molecule has 33 heavy (non-hydrogen) atoms. The summed E-state index contributed by atoms with van der Waals surface area (Å²) in [6.07, 6.45) is 3.45. The van der Waals surface area contributed by atoms with Crippen LogP contribution in [0, 0.1) is 11.3 Å². The molecular weight excluding hydrogens is 408 g/mol. The molecular formula is C29H32N2O2. The summed E-state index contributed by atoms with van der Waals surface area (Å²) in [5.41, 5.74) is 5.75. The fraction of sp³-hybridized carbons (Fsp3) is 0.345. The van der Waals surface area contributed by atoms with Crippen molar-refractivity contribution in [2.75, 3.05) is 20.8 Å². The second kappa shape index (κ2) is 10.1. The Labute approximate surface area is 197 Å². The summed E-state index contributed by atoms with van der Waals surface area (Å²) in [4.78, 5) is 0. The zero-order valence-electron chi connectivity index (χ0n) is 19.7. The summed E-state index contributed by atoms with van der Waals surface area (Å²) < 4.78 is 10.9. The molecule has 1 N–H and O–H groups in total. The van der Waals surface area contributed by atoms with Crippen LogP contribution in [0.2, 0.25) is 0 Å². The van der Waals surface area contributed by atoms with Crippen LogP contribution in [0.5, 0.6) is 11.5 Å². The maximum Gasteiger partial charge on any atom is 0.161 e. The van der Waals surface area contributed by atoms with E-state index in [4.69, 9.17) is 9.47 Å². The molecule has 4 nitrogen and oxygen atoms in total. The van der Waals surface area contributed by atoms with Crippen molar-refractivity contribution in [3.8, 4) is 28.7 Å². The average molecular weight is 441 g/mol. The van der Waals surface area contributed by atoms with Gasteiger partial charge in [-0.25, -0.2) is 0 Å². The molecule has 0 bridgehead atoms. The lowest BCUT2D eigenvalue weighted by molar-refractivity contribution is 0.352. The third kappa shape index (κ3) is 4.34. The SMILES string of the molecule is CCCC(C#N)(CCCNC1c2ccccc2-c2ccccc21)c1ccc(OC)c(OC)c1. The first-order valence-corrected chi connectivity index (χ1v) is 11.7. The molecule has 0 aromatic heterocycles. The Kier molecular flexibility index (Phi) is 7.01. The van der Waals surface area contributed by atoms with E-state index >= 15 is 0 Å². The summed E-state index contributed by atoms with van der Waals surface area (Å²) in [5.74, 6) is 1.35. The maximum absolute atomic E-state index is 10.3. The number of benzene rings is 3. The lowest BCUT2D eigenvalue weighted by Crippen LogP contribution is -2.27. The van der Waals surface area contributed by atoms with E-state index in [-0.39, 0.29) is 6.04 Å². The topological polar surface area (TPSA) is 54.3 Å². The van der Waals surface area contributed by atoms with E-state index < -0.39 is 5.41 Å². The number of ether oxygens (including phenoxy) is 2. The molecule has 0 fully saturated rings. The molecule has 0 radical (unpaired) electrons. The van der Waals surface area contributed by atoms with Crippen LogP contribution in [-0.2, 0) is 5.41 Å². The third-order valence-electron chi connectivity index (χ3n) is 6.79. The smallest absolute Gasteiger partial charge is 0.161 e. The number of nitrogens with one attached hydrogen (secondary N) is 1. The number of rotatable bonds is 10. The van der Waals surface area contributed by atoms with Crippen LogP contribution >= 0.6 is 0 Å². The molecule has 3 aromatic rings. The minimum Gasteiger partial charge on any atom is -0.493 e. The number of hydrogen-bond donors (Lipinski definition) is 1. The first-order valence-electron chi connectivity index (χ1n) is 11.7. The van der Waals surface area contributed by atoms with Crippen molar-refractivity contribution >= 4 is 0 Å². The minimum atomic E-state index is -0.540. The lowest BCUT2D eigenvalue weighted by Gasteiger charge is -2.28. The van der Waals surface area contributed by atoms with E-state index in [2.05, 4.69) is 66.8 Å². The molecule has 4 heteroatoms. The molecule has 4 rings (SSSR count). The Bertz CT molecular complexity index is 1100. The highest BCUT2D eigenvalue weighted by atomic mass is 16.5. The molecule has 0 saturated carbocycles. The second-order valence-electron chi connectivity index (χ2n) is 8.68. The van der Waals surface area contributed by atoms with Crippen LogP contribution in [0.3, 0.4) is 0 Å². The quantitative estimate of drug-likeness (QED) is 0.370. The average Bonchev–Trinajstić information content (AvgIpc) is 3.19. The van der Waals surface area contributed by atoms with Gasteiger partial charge in [0, 0.05) is 0 Å². The zero-order valence-corrected chi connectivity index (χ0v) is 19.7. The van der Waals surface area contributed by atoms with Gasteiger partial charge in [0.05, 0.1) is 31.7 Å². The monoisotopic (exact) mass is 440 g/mol. The molecule has 0 amide bonds. The van der Waals surface area contributed by atoms with E-state index in [0.29, 0.717) is 11.5 Å². The molecule has 0 aliphatic heterocycles. The van der Waals surface area contributed by atoms with Gasteiger partial charge in [0.15, 0.2) is 11.5 Å². The standard InChI is InChI=1S/C29H32N2O2/c1-4-16-29(20-30,21-14-15-26(32-2)27(19-21)33-3)17-9-18-31-28-24-12-7-5-10-22(24)23-11-6-8-13-25(23)28/h5-8,10-15,19,28,31H,4,9,16-18H2,1-3H3. The van der Waals surface area contributed by atoms with Crippen LogP contribution in [0.15, 0.2) is 66.7 Å². The Balaban J connectivity index is 1.50. The van der Waals surface area contributed by atoms with Gasteiger partial charge >= 0.3 is 0 Å². The first kappa shape index (κ1) is 22.9. The van der Waals surface area contributed by atoms with Gasteiger partial charge in [-0.2, -0.15) is 5.26 Å². The molecule has 170 valence electrons. The summed E-state index contributed by atoms with van der Waals surface area (Å²) in [6.45, 7) is 2.98. The summed E-state index contributed by atoms with van der Waals surface area (Å²) >= 11 is 0. The highest BCUT2D eigenvalue weighted by Crippen LogP contribution is 2.43. The molecule has 1 aliphatic rings. The lowest BCUT2D eigenvalue weighted by atomic mass is 9.74. The van der Waals surface area contributed by atoms with Gasteiger partial charge in [-0.3, -0.25) is 0 Å². The van der Waals surface area contributed by atoms with Crippen LogP contribution in [0.4, 0.5) is 0 Å². The van der Waals surface area contributed by atoms with Gasteiger partial charge in [0.2, 0.25) is 0 Å². The molecule has 0 spiro atoms. The Hall–Kier alpha value is -3.29. The van der Waals surface area contributed by atoms with Crippen molar-refractivity contribution < 1.29 is 9.47 Å². The summed E-state index contributed by atoms with van der Waals surface area (Å²) in [7, 11) is 3.27. The van der Waals surface area contributed by atoms with Crippen molar-refractivity contribution in [1.82, 2.24) is 5.32 Å². The van der Waals surface area contributed by atoms with Gasteiger partial charge in [-0.1, -0.05) is 67.9 Å². The molecule has 1 atom stereocenters. The number of methoxy groups -OCH3 is 2. The predicted octanol–water partition coefficient (Wildman–Crippen LogP) is 6.41. The van der Waals surface area contributed by atoms with Gasteiger partial charge in [0.1, 0.15) is 0 Å². The van der Waals surface area contributed by atoms with Gasteiger partial charge in [-0.15, -0.1) is 0 Å². The maximum atomic E-state index is 10.3. The van der Waals surface area contributed by atoms with E-state index in [9.17, 15) is 5.26 Å².